The molecule has 0 atom stereocenters. The van der Waals surface area contributed by atoms with Crippen LogP contribution in [0.25, 0.3) is 10.8 Å². The number of carbonyl (C=O) groups excluding carboxylic acids is 1. The van der Waals surface area contributed by atoms with Gasteiger partial charge in [-0.1, -0.05) is 6.07 Å². The van der Waals surface area contributed by atoms with Gasteiger partial charge in [0.15, 0.2) is 0 Å². The smallest absolute Gasteiger partial charge is 0.255 e. The van der Waals surface area contributed by atoms with E-state index in [1.807, 2.05) is 12.1 Å². The predicted molar refractivity (Wildman–Crippen MR) is 97.5 cm³/mol. The first-order valence-corrected chi connectivity index (χ1v) is 9.50. The Labute approximate surface area is 147 Å². The van der Waals surface area contributed by atoms with Crippen LogP contribution in [0.3, 0.4) is 0 Å². The molecule has 4 heteroatoms. The lowest BCUT2D eigenvalue weighted by Gasteiger charge is -2.56. The number of rotatable bonds is 3. The molecule has 4 saturated carbocycles. The molecule has 0 radical (unpaired) electrons. The maximum atomic E-state index is 12.8. The summed E-state index contributed by atoms with van der Waals surface area (Å²) in [6.45, 7) is 0.787. The zero-order valence-corrected chi connectivity index (χ0v) is 14.4. The summed E-state index contributed by atoms with van der Waals surface area (Å²) in [5.74, 6) is 2.62. The highest BCUT2D eigenvalue weighted by molar-refractivity contribution is 6.06. The van der Waals surface area contributed by atoms with Crippen LogP contribution in [0.1, 0.15) is 48.9 Å². The summed E-state index contributed by atoms with van der Waals surface area (Å²) in [5.41, 5.74) is 0.786. The average molecular weight is 336 g/mol. The van der Waals surface area contributed by atoms with Crippen LogP contribution in [-0.2, 0) is 0 Å². The quantitative estimate of drug-likeness (QED) is 0.901. The highest BCUT2D eigenvalue weighted by atomic mass is 16.1. The lowest BCUT2D eigenvalue weighted by Crippen LogP contribution is -2.51. The standard InChI is InChI=1S/C21H24N2O2/c24-19-17-2-1-3-18(16(17)4-5-22-19)20(25)23-12-21-9-13-6-14(10-21)8-15(7-13)11-21/h1-5,13-15H,6-12H2,(H,22,24)(H,23,25). The van der Waals surface area contributed by atoms with Crippen molar-refractivity contribution in [1.82, 2.24) is 10.3 Å². The van der Waals surface area contributed by atoms with Crippen LogP contribution in [0.2, 0.25) is 0 Å². The summed E-state index contributed by atoms with van der Waals surface area (Å²) in [5, 5.41) is 4.52. The van der Waals surface area contributed by atoms with E-state index in [9.17, 15) is 9.59 Å². The van der Waals surface area contributed by atoms with Gasteiger partial charge in [-0.2, -0.15) is 0 Å². The van der Waals surface area contributed by atoms with E-state index in [4.69, 9.17) is 0 Å². The second-order valence-corrected chi connectivity index (χ2v) is 8.67. The molecule has 1 heterocycles. The van der Waals surface area contributed by atoms with Gasteiger partial charge in [0.05, 0.1) is 0 Å². The summed E-state index contributed by atoms with van der Waals surface area (Å²) >= 11 is 0. The molecule has 0 saturated heterocycles. The van der Waals surface area contributed by atoms with Crippen LogP contribution in [-0.4, -0.2) is 17.4 Å². The topological polar surface area (TPSA) is 62.0 Å². The van der Waals surface area contributed by atoms with E-state index in [1.165, 1.54) is 38.5 Å². The second kappa shape index (κ2) is 5.45. The highest BCUT2D eigenvalue weighted by Gasteiger charge is 2.50. The first kappa shape index (κ1) is 15.2. The van der Waals surface area contributed by atoms with Crippen molar-refractivity contribution in [1.29, 1.82) is 0 Å². The van der Waals surface area contributed by atoms with Crippen molar-refractivity contribution in [2.45, 2.75) is 38.5 Å². The zero-order chi connectivity index (χ0) is 17.0. The molecule has 130 valence electrons. The molecule has 0 unspecified atom stereocenters. The minimum atomic E-state index is -0.145. The molecule has 2 N–H and O–H groups in total. The lowest BCUT2D eigenvalue weighted by molar-refractivity contribution is -0.0503. The molecule has 25 heavy (non-hydrogen) atoms. The van der Waals surface area contributed by atoms with Gasteiger partial charge in [-0.05, 0) is 79.9 Å². The normalized spacial score (nSPS) is 32.9. The summed E-state index contributed by atoms with van der Waals surface area (Å²) in [4.78, 5) is 27.5. The molecule has 4 aliphatic rings. The fourth-order valence-electron chi connectivity index (χ4n) is 6.29. The number of nitrogens with one attached hydrogen (secondary N) is 2. The van der Waals surface area contributed by atoms with Crippen molar-refractivity contribution in [3.05, 3.63) is 46.4 Å². The van der Waals surface area contributed by atoms with Crippen molar-refractivity contribution < 1.29 is 4.79 Å². The third-order valence-electron chi connectivity index (χ3n) is 6.85. The van der Waals surface area contributed by atoms with Gasteiger partial charge in [0.2, 0.25) is 0 Å². The van der Waals surface area contributed by atoms with Gasteiger partial charge in [-0.25, -0.2) is 0 Å². The molecular weight excluding hydrogens is 312 g/mol. The van der Waals surface area contributed by atoms with Crippen LogP contribution < -0.4 is 10.9 Å². The number of hydrogen-bond acceptors (Lipinski definition) is 2. The molecular formula is C21H24N2O2. The van der Waals surface area contributed by atoms with E-state index < -0.39 is 0 Å². The van der Waals surface area contributed by atoms with Crippen LogP contribution in [0, 0.1) is 23.2 Å². The lowest BCUT2D eigenvalue weighted by atomic mass is 9.49. The monoisotopic (exact) mass is 336 g/mol. The molecule has 4 nitrogen and oxygen atoms in total. The zero-order valence-electron chi connectivity index (χ0n) is 14.4. The van der Waals surface area contributed by atoms with E-state index in [1.54, 1.807) is 18.3 Å². The van der Waals surface area contributed by atoms with Crippen LogP contribution in [0.15, 0.2) is 35.3 Å². The number of aromatic amines is 1. The number of aromatic nitrogens is 1. The van der Waals surface area contributed by atoms with E-state index in [2.05, 4.69) is 10.3 Å². The molecule has 4 bridgehead atoms. The maximum absolute atomic E-state index is 12.8. The summed E-state index contributed by atoms with van der Waals surface area (Å²) in [7, 11) is 0. The summed E-state index contributed by atoms with van der Waals surface area (Å²) in [6, 6.07) is 7.19. The third-order valence-corrected chi connectivity index (χ3v) is 6.85. The Balaban J connectivity index is 1.38. The Morgan fingerprint density at radius 2 is 1.72 bits per heavy atom. The van der Waals surface area contributed by atoms with Gasteiger partial charge < -0.3 is 10.3 Å². The minimum absolute atomic E-state index is 0.0491. The van der Waals surface area contributed by atoms with E-state index >= 15 is 0 Å². The number of amides is 1. The second-order valence-electron chi connectivity index (χ2n) is 8.67. The van der Waals surface area contributed by atoms with Crippen LogP contribution in [0.5, 0.6) is 0 Å². The number of benzene rings is 1. The number of fused-ring (bicyclic) bond motifs is 1. The van der Waals surface area contributed by atoms with Crippen molar-refractivity contribution >= 4 is 16.7 Å². The fraction of sp³-hybridized carbons (Fsp3) is 0.524. The Morgan fingerprint density at radius 1 is 1.04 bits per heavy atom. The van der Waals surface area contributed by atoms with E-state index in [0.717, 1.165) is 29.7 Å². The predicted octanol–water partition coefficient (Wildman–Crippen LogP) is 3.47. The van der Waals surface area contributed by atoms with Gasteiger partial charge in [-0.15, -0.1) is 0 Å². The molecule has 0 aliphatic heterocycles. The van der Waals surface area contributed by atoms with Crippen LogP contribution in [0.4, 0.5) is 0 Å². The van der Waals surface area contributed by atoms with Crippen molar-refractivity contribution in [2.24, 2.45) is 23.2 Å². The number of pyridine rings is 1. The summed E-state index contributed by atoms with van der Waals surface area (Å²) < 4.78 is 0. The summed E-state index contributed by atoms with van der Waals surface area (Å²) in [6.07, 6.45) is 9.72. The Bertz CT molecular complexity index is 863. The van der Waals surface area contributed by atoms with Crippen molar-refractivity contribution in [3.8, 4) is 0 Å². The maximum Gasteiger partial charge on any atom is 0.255 e. The first-order valence-electron chi connectivity index (χ1n) is 9.50. The van der Waals surface area contributed by atoms with E-state index in [0.29, 0.717) is 16.4 Å². The molecule has 1 aromatic heterocycles. The molecule has 0 spiro atoms. The van der Waals surface area contributed by atoms with Crippen LogP contribution >= 0.6 is 0 Å². The highest BCUT2D eigenvalue weighted by Crippen LogP contribution is 2.59. The van der Waals surface area contributed by atoms with Gasteiger partial charge >= 0.3 is 0 Å². The number of carbonyl (C=O) groups is 1. The van der Waals surface area contributed by atoms with Gasteiger partial charge in [0, 0.05) is 29.1 Å². The molecule has 6 rings (SSSR count). The molecule has 2 aromatic rings. The molecule has 1 aromatic carbocycles. The third kappa shape index (κ3) is 2.50. The van der Waals surface area contributed by atoms with Gasteiger partial charge in [0.25, 0.3) is 11.5 Å². The van der Waals surface area contributed by atoms with Gasteiger partial charge in [-0.3, -0.25) is 9.59 Å². The Hall–Kier alpha value is -2.10. The Morgan fingerprint density at radius 3 is 2.40 bits per heavy atom. The van der Waals surface area contributed by atoms with Crippen molar-refractivity contribution in [2.75, 3.05) is 6.54 Å². The molecule has 4 fully saturated rings. The van der Waals surface area contributed by atoms with Crippen molar-refractivity contribution in [3.63, 3.8) is 0 Å². The van der Waals surface area contributed by atoms with E-state index in [-0.39, 0.29) is 11.5 Å². The van der Waals surface area contributed by atoms with Gasteiger partial charge in [0.1, 0.15) is 0 Å². The number of H-pyrrole nitrogens is 1. The fourth-order valence-corrected chi connectivity index (χ4v) is 6.29. The minimum Gasteiger partial charge on any atom is -0.351 e. The number of hydrogen-bond donors (Lipinski definition) is 2. The SMILES string of the molecule is O=C(NCC12CC3CC(CC(C3)C1)C2)c1cccc2c(=O)[nH]ccc12. The average Bonchev–Trinajstić information content (AvgIpc) is 2.59. The first-order chi connectivity index (χ1) is 12.1. The molecule has 4 aliphatic carbocycles. The largest absolute Gasteiger partial charge is 0.351 e. The molecule has 1 amide bonds. The Kier molecular flexibility index (Phi) is 3.31.